The smallest absolute Gasteiger partial charge is 0.338 e. The van der Waals surface area contributed by atoms with Gasteiger partial charge in [-0.1, -0.05) is 58.1 Å². The molecule has 2 aromatic carbocycles. The Balaban J connectivity index is 1.28. The van der Waals surface area contributed by atoms with Crippen molar-refractivity contribution in [3.8, 4) is 5.75 Å². The van der Waals surface area contributed by atoms with E-state index < -0.39 is 23.4 Å². The van der Waals surface area contributed by atoms with Gasteiger partial charge in [0, 0.05) is 0 Å². The second-order valence-corrected chi connectivity index (χ2v) is 11.3. The monoisotopic (exact) mass is 530 g/mol. The van der Waals surface area contributed by atoms with Crippen molar-refractivity contribution in [3.63, 3.8) is 0 Å². The van der Waals surface area contributed by atoms with Gasteiger partial charge in [0.1, 0.15) is 6.10 Å². The zero-order valence-corrected chi connectivity index (χ0v) is 22.7. The zero-order valence-electron chi connectivity index (χ0n) is 22.7. The Morgan fingerprint density at radius 3 is 2.00 bits per heavy atom. The van der Waals surface area contributed by atoms with Crippen LogP contribution >= 0.6 is 0 Å². The highest BCUT2D eigenvalue weighted by Gasteiger charge is 2.30. The highest BCUT2D eigenvalue weighted by Crippen LogP contribution is 2.40. The third kappa shape index (κ3) is 7.12. The number of carbonyl (C=O) groups is 1. The first-order valence-electron chi connectivity index (χ1n) is 14.5. The fraction of sp³-hybridized carbons (Fsp3) is 0.594. The standard InChI is InChI=1S/C32H41F3O3/c1-3-4-5-6-19-37-29-18-13-24(20-28(29)33)32(36)38-25-14-11-23(12-15-25)27-17-16-26(30(34)31(27)35)22-9-7-21(2)8-10-22/h13,16-18,20-23,25H,3-12,14-15,19H2,1-2H3. The van der Waals surface area contributed by atoms with E-state index in [1.165, 1.54) is 12.1 Å². The highest BCUT2D eigenvalue weighted by atomic mass is 19.2. The van der Waals surface area contributed by atoms with Gasteiger partial charge >= 0.3 is 5.97 Å². The quantitative estimate of drug-likeness (QED) is 0.227. The Kier molecular flexibility index (Phi) is 10.1. The van der Waals surface area contributed by atoms with Gasteiger partial charge in [-0.15, -0.1) is 0 Å². The lowest BCUT2D eigenvalue weighted by Gasteiger charge is -2.30. The van der Waals surface area contributed by atoms with Crippen LogP contribution in [-0.4, -0.2) is 18.7 Å². The van der Waals surface area contributed by atoms with Gasteiger partial charge in [-0.3, -0.25) is 0 Å². The van der Waals surface area contributed by atoms with Crippen LogP contribution in [0.25, 0.3) is 0 Å². The Morgan fingerprint density at radius 1 is 0.816 bits per heavy atom. The first-order chi connectivity index (χ1) is 18.4. The number of unbranched alkanes of at least 4 members (excludes halogenated alkanes) is 3. The Labute approximate surface area is 225 Å². The maximum absolute atomic E-state index is 15.1. The fourth-order valence-electron chi connectivity index (χ4n) is 5.95. The molecule has 38 heavy (non-hydrogen) atoms. The molecule has 0 heterocycles. The summed E-state index contributed by atoms with van der Waals surface area (Å²) in [5.74, 6) is -1.78. The molecule has 0 N–H and O–H groups in total. The molecule has 0 unspecified atom stereocenters. The van der Waals surface area contributed by atoms with E-state index in [2.05, 4.69) is 13.8 Å². The molecule has 6 heteroatoms. The third-order valence-corrected chi connectivity index (χ3v) is 8.41. The molecule has 0 radical (unpaired) electrons. The van der Waals surface area contributed by atoms with Gasteiger partial charge in [0.2, 0.25) is 0 Å². The molecule has 0 bridgehead atoms. The number of esters is 1. The van der Waals surface area contributed by atoms with Gasteiger partial charge in [0.15, 0.2) is 23.2 Å². The van der Waals surface area contributed by atoms with Crippen molar-refractivity contribution in [3.05, 3.63) is 64.5 Å². The van der Waals surface area contributed by atoms with Crippen molar-refractivity contribution in [2.45, 2.75) is 109 Å². The molecular formula is C32H41F3O3. The second-order valence-electron chi connectivity index (χ2n) is 11.3. The number of hydrogen-bond donors (Lipinski definition) is 0. The first kappa shape index (κ1) is 28.5. The molecule has 0 aromatic heterocycles. The van der Waals surface area contributed by atoms with Gasteiger partial charge in [0.25, 0.3) is 0 Å². The van der Waals surface area contributed by atoms with Crippen molar-refractivity contribution in [2.24, 2.45) is 5.92 Å². The summed E-state index contributed by atoms with van der Waals surface area (Å²) in [5.41, 5.74) is 1.08. The molecular weight excluding hydrogens is 489 g/mol. The lowest BCUT2D eigenvalue weighted by atomic mass is 9.77. The van der Waals surface area contributed by atoms with Crippen LogP contribution in [0, 0.1) is 23.4 Å². The summed E-state index contributed by atoms with van der Waals surface area (Å²) in [6, 6.07) is 7.69. The van der Waals surface area contributed by atoms with Crippen molar-refractivity contribution in [2.75, 3.05) is 6.61 Å². The summed E-state index contributed by atoms with van der Waals surface area (Å²) >= 11 is 0. The molecule has 0 amide bonds. The highest BCUT2D eigenvalue weighted by molar-refractivity contribution is 5.89. The Bertz CT molecular complexity index is 1070. The van der Waals surface area contributed by atoms with Gasteiger partial charge in [0.05, 0.1) is 12.2 Å². The minimum Gasteiger partial charge on any atom is -0.491 e. The molecule has 0 saturated heterocycles. The zero-order chi connectivity index (χ0) is 27.1. The van der Waals surface area contributed by atoms with Crippen LogP contribution in [-0.2, 0) is 4.74 Å². The average Bonchev–Trinajstić information content (AvgIpc) is 2.92. The van der Waals surface area contributed by atoms with Crippen LogP contribution in [0.5, 0.6) is 5.75 Å². The van der Waals surface area contributed by atoms with E-state index in [9.17, 15) is 9.18 Å². The number of ether oxygens (including phenoxy) is 2. The van der Waals surface area contributed by atoms with Gasteiger partial charge in [-0.25, -0.2) is 18.0 Å². The van der Waals surface area contributed by atoms with Crippen LogP contribution in [0.4, 0.5) is 13.2 Å². The molecule has 2 aliphatic rings. The Hall–Kier alpha value is -2.50. The number of carbonyl (C=O) groups excluding carboxylic acids is 1. The summed E-state index contributed by atoms with van der Waals surface area (Å²) in [5, 5.41) is 0. The van der Waals surface area contributed by atoms with Crippen LogP contribution < -0.4 is 4.74 Å². The molecule has 3 nitrogen and oxygen atoms in total. The van der Waals surface area contributed by atoms with Gasteiger partial charge < -0.3 is 9.47 Å². The number of rotatable bonds is 10. The first-order valence-corrected chi connectivity index (χ1v) is 14.5. The maximum Gasteiger partial charge on any atom is 0.338 e. The van der Waals surface area contributed by atoms with Crippen LogP contribution in [0.1, 0.15) is 124 Å². The lowest BCUT2D eigenvalue weighted by molar-refractivity contribution is 0.0193. The topological polar surface area (TPSA) is 35.5 Å². The Morgan fingerprint density at radius 2 is 1.42 bits per heavy atom. The maximum atomic E-state index is 15.1. The SMILES string of the molecule is CCCCCCOc1ccc(C(=O)OC2CCC(c3ccc(C4CCC(C)CC4)c(F)c3F)CC2)cc1F. The van der Waals surface area contributed by atoms with Crippen LogP contribution in [0.2, 0.25) is 0 Å². The minimum atomic E-state index is -0.718. The predicted octanol–water partition coefficient (Wildman–Crippen LogP) is 9.24. The molecule has 0 aliphatic heterocycles. The summed E-state index contributed by atoms with van der Waals surface area (Å²) in [6.45, 7) is 4.78. The van der Waals surface area contributed by atoms with E-state index in [-0.39, 0.29) is 29.3 Å². The molecule has 2 fully saturated rings. The minimum absolute atomic E-state index is 0.0983. The third-order valence-electron chi connectivity index (χ3n) is 8.41. The van der Waals surface area contributed by atoms with Gasteiger partial charge in [-0.05, 0) is 92.0 Å². The van der Waals surface area contributed by atoms with Crippen molar-refractivity contribution in [1.29, 1.82) is 0 Å². The van der Waals surface area contributed by atoms with Crippen molar-refractivity contribution >= 4 is 5.97 Å². The summed E-state index contributed by atoms with van der Waals surface area (Å²) in [7, 11) is 0. The van der Waals surface area contributed by atoms with Crippen LogP contribution in [0.15, 0.2) is 30.3 Å². The summed E-state index contributed by atoms with van der Waals surface area (Å²) in [6.07, 6.45) is 10.1. The van der Waals surface area contributed by atoms with Gasteiger partial charge in [-0.2, -0.15) is 0 Å². The lowest BCUT2D eigenvalue weighted by Crippen LogP contribution is -2.24. The van der Waals surface area contributed by atoms with E-state index in [0.29, 0.717) is 49.3 Å². The van der Waals surface area contributed by atoms with E-state index in [4.69, 9.17) is 9.47 Å². The normalized spacial score (nSPS) is 23.7. The van der Waals surface area contributed by atoms with E-state index in [1.54, 1.807) is 12.1 Å². The summed E-state index contributed by atoms with van der Waals surface area (Å²) in [4.78, 5) is 12.6. The van der Waals surface area contributed by atoms with Crippen molar-refractivity contribution < 1.29 is 27.4 Å². The van der Waals surface area contributed by atoms with Crippen LogP contribution in [0.3, 0.4) is 0 Å². The average molecular weight is 531 g/mol. The molecule has 0 atom stereocenters. The predicted molar refractivity (Wildman–Crippen MR) is 143 cm³/mol. The number of hydrogen-bond acceptors (Lipinski definition) is 3. The largest absolute Gasteiger partial charge is 0.491 e. The fourth-order valence-corrected chi connectivity index (χ4v) is 5.95. The summed E-state index contributed by atoms with van der Waals surface area (Å²) < 4.78 is 55.7. The molecule has 4 rings (SSSR count). The van der Waals surface area contributed by atoms with E-state index >= 15 is 8.78 Å². The molecule has 0 spiro atoms. The molecule has 2 aliphatic carbocycles. The second kappa shape index (κ2) is 13.5. The van der Waals surface area contributed by atoms with Crippen molar-refractivity contribution in [1.82, 2.24) is 0 Å². The van der Waals surface area contributed by atoms with E-state index in [0.717, 1.165) is 57.4 Å². The number of benzene rings is 2. The molecule has 208 valence electrons. The molecule has 2 saturated carbocycles. The number of halogens is 3. The molecule has 2 aromatic rings. The van der Waals surface area contributed by atoms with E-state index in [1.807, 2.05) is 0 Å².